The van der Waals surface area contributed by atoms with Gasteiger partial charge in [0.2, 0.25) is 0 Å². The van der Waals surface area contributed by atoms with Crippen molar-refractivity contribution in [3.05, 3.63) is 99.5 Å². The number of alkyl halides is 3. The first-order valence-electron chi connectivity index (χ1n) is 9.95. The summed E-state index contributed by atoms with van der Waals surface area (Å²) in [4.78, 5) is 25.1. The van der Waals surface area contributed by atoms with Crippen molar-refractivity contribution >= 4 is 11.6 Å². The minimum Gasteiger partial charge on any atom is -0.319 e. The van der Waals surface area contributed by atoms with Crippen molar-refractivity contribution in [1.29, 1.82) is 0 Å². The lowest BCUT2D eigenvalue weighted by Gasteiger charge is -2.16. The van der Waals surface area contributed by atoms with Gasteiger partial charge in [-0.05, 0) is 68.4 Å². The normalized spacial score (nSPS) is 11.5. The molecule has 0 bridgehead atoms. The third-order valence-corrected chi connectivity index (χ3v) is 4.91. The molecule has 4 rings (SSSR count). The number of nitrogens with one attached hydrogen (secondary N) is 1. The van der Waals surface area contributed by atoms with Gasteiger partial charge in [-0.15, -0.1) is 0 Å². The van der Waals surface area contributed by atoms with Crippen LogP contribution in [0.2, 0.25) is 0 Å². The maximum Gasteiger partial charge on any atom is 0.416 e. The van der Waals surface area contributed by atoms with Gasteiger partial charge in [0.1, 0.15) is 11.5 Å². The van der Waals surface area contributed by atoms with E-state index in [2.05, 4.69) is 15.5 Å². The predicted octanol–water partition coefficient (Wildman–Crippen LogP) is 4.45. The molecule has 2 aromatic carbocycles. The summed E-state index contributed by atoms with van der Waals surface area (Å²) < 4.78 is 55.6. The standard InChI is InChI=1S/C23H17F4N5O2/c1-13-11-14(2)31(29-13)20-9-3-15(23(25,26)27)12-19(20)28-22(34)18-8-10-21(33)32(30-18)17-6-4-16(24)5-7-17/h3-12H,1-2H3,(H,28,34). The van der Waals surface area contributed by atoms with Crippen molar-refractivity contribution in [2.75, 3.05) is 5.32 Å². The van der Waals surface area contributed by atoms with Gasteiger partial charge in [0.15, 0.2) is 0 Å². The Morgan fingerprint density at radius 3 is 2.24 bits per heavy atom. The molecule has 0 aliphatic carbocycles. The molecule has 2 aromatic heterocycles. The van der Waals surface area contributed by atoms with Gasteiger partial charge in [-0.25, -0.2) is 9.07 Å². The number of rotatable bonds is 4. The largest absolute Gasteiger partial charge is 0.416 e. The van der Waals surface area contributed by atoms with E-state index in [4.69, 9.17) is 0 Å². The maximum atomic E-state index is 13.3. The van der Waals surface area contributed by atoms with Gasteiger partial charge in [-0.2, -0.15) is 28.1 Å². The molecule has 7 nitrogen and oxygen atoms in total. The quantitative estimate of drug-likeness (QED) is 0.446. The highest BCUT2D eigenvalue weighted by Gasteiger charge is 2.31. The Balaban J connectivity index is 1.75. The van der Waals surface area contributed by atoms with Crippen molar-refractivity contribution in [3.63, 3.8) is 0 Å². The molecule has 0 fully saturated rings. The van der Waals surface area contributed by atoms with Gasteiger partial charge in [-0.3, -0.25) is 9.59 Å². The lowest BCUT2D eigenvalue weighted by molar-refractivity contribution is -0.137. The number of benzene rings is 2. The van der Waals surface area contributed by atoms with E-state index in [1.54, 1.807) is 19.9 Å². The summed E-state index contributed by atoms with van der Waals surface area (Å²) in [6, 6.07) is 11.7. The fourth-order valence-corrected chi connectivity index (χ4v) is 3.36. The van der Waals surface area contributed by atoms with Gasteiger partial charge < -0.3 is 5.32 Å². The smallest absolute Gasteiger partial charge is 0.319 e. The van der Waals surface area contributed by atoms with E-state index in [0.29, 0.717) is 11.4 Å². The average molecular weight is 471 g/mol. The molecule has 1 amide bonds. The van der Waals surface area contributed by atoms with Crippen molar-refractivity contribution in [3.8, 4) is 11.4 Å². The maximum absolute atomic E-state index is 13.3. The van der Waals surface area contributed by atoms with E-state index in [1.807, 2.05) is 0 Å². The van der Waals surface area contributed by atoms with Gasteiger partial charge in [0.25, 0.3) is 11.5 Å². The molecule has 174 valence electrons. The number of aryl methyl sites for hydroxylation is 2. The second-order valence-electron chi connectivity index (χ2n) is 7.47. The zero-order valence-electron chi connectivity index (χ0n) is 17.9. The SMILES string of the molecule is Cc1cc(C)n(-c2ccc(C(F)(F)F)cc2NC(=O)c2ccc(=O)n(-c3ccc(F)cc3)n2)n1. The number of hydrogen-bond acceptors (Lipinski definition) is 4. The molecule has 0 unspecified atom stereocenters. The molecule has 4 aromatic rings. The average Bonchev–Trinajstić information content (AvgIpc) is 3.11. The number of amides is 1. The van der Waals surface area contributed by atoms with Crippen LogP contribution in [0.3, 0.4) is 0 Å². The molecule has 0 saturated carbocycles. The molecular formula is C23H17F4N5O2. The van der Waals surface area contributed by atoms with Crippen molar-refractivity contribution in [2.24, 2.45) is 0 Å². The highest BCUT2D eigenvalue weighted by Crippen LogP contribution is 2.34. The minimum absolute atomic E-state index is 0.146. The summed E-state index contributed by atoms with van der Waals surface area (Å²) in [5.41, 5.74) is -0.198. The van der Waals surface area contributed by atoms with Crippen molar-refractivity contribution < 1.29 is 22.4 Å². The fraction of sp³-hybridized carbons (Fsp3) is 0.130. The van der Waals surface area contributed by atoms with Crippen LogP contribution in [0, 0.1) is 19.7 Å². The van der Waals surface area contributed by atoms with Gasteiger partial charge in [0.05, 0.1) is 28.3 Å². The van der Waals surface area contributed by atoms with E-state index in [9.17, 15) is 27.2 Å². The van der Waals surface area contributed by atoms with Crippen LogP contribution >= 0.6 is 0 Å². The molecule has 0 spiro atoms. The van der Waals surface area contributed by atoms with Crippen molar-refractivity contribution in [1.82, 2.24) is 19.6 Å². The first-order chi connectivity index (χ1) is 16.0. The number of hydrogen-bond donors (Lipinski definition) is 1. The molecular weight excluding hydrogens is 454 g/mol. The number of carbonyl (C=O) groups is 1. The van der Waals surface area contributed by atoms with E-state index in [1.165, 1.54) is 22.9 Å². The van der Waals surface area contributed by atoms with Crippen LogP contribution in [0.15, 0.2) is 65.5 Å². The van der Waals surface area contributed by atoms with Crippen LogP contribution in [0.25, 0.3) is 11.4 Å². The van der Waals surface area contributed by atoms with Crippen LogP contribution in [-0.4, -0.2) is 25.5 Å². The Kier molecular flexibility index (Phi) is 5.78. The predicted molar refractivity (Wildman–Crippen MR) is 116 cm³/mol. The second kappa shape index (κ2) is 8.58. The van der Waals surface area contributed by atoms with E-state index in [-0.39, 0.29) is 22.8 Å². The summed E-state index contributed by atoms with van der Waals surface area (Å²) in [7, 11) is 0. The molecule has 0 atom stereocenters. The van der Waals surface area contributed by atoms with Crippen LogP contribution in [0.1, 0.15) is 27.4 Å². The first-order valence-corrected chi connectivity index (χ1v) is 9.95. The number of halogens is 4. The van der Waals surface area contributed by atoms with Crippen LogP contribution in [-0.2, 0) is 6.18 Å². The van der Waals surface area contributed by atoms with E-state index < -0.39 is 29.0 Å². The van der Waals surface area contributed by atoms with Gasteiger partial charge in [-0.1, -0.05) is 0 Å². The Morgan fingerprint density at radius 2 is 1.62 bits per heavy atom. The monoisotopic (exact) mass is 471 g/mol. The van der Waals surface area contributed by atoms with Crippen LogP contribution in [0.4, 0.5) is 23.2 Å². The fourth-order valence-electron chi connectivity index (χ4n) is 3.36. The zero-order valence-corrected chi connectivity index (χ0v) is 17.9. The number of nitrogens with zero attached hydrogens (tertiary/aromatic N) is 4. The molecule has 0 saturated heterocycles. The molecule has 11 heteroatoms. The lowest BCUT2D eigenvalue weighted by Crippen LogP contribution is -2.25. The van der Waals surface area contributed by atoms with E-state index >= 15 is 0 Å². The Morgan fingerprint density at radius 1 is 0.912 bits per heavy atom. The Hall–Kier alpha value is -4.28. The summed E-state index contributed by atoms with van der Waals surface area (Å²) in [5, 5.41) is 10.7. The Bertz CT molecular complexity index is 1440. The van der Waals surface area contributed by atoms with Gasteiger partial charge in [0, 0.05) is 11.8 Å². The Labute approximate surface area is 190 Å². The lowest BCUT2D eigenvalue weighted by atomic mass is 10.1. The van der Waals surface area contributed by atoms with Crippen molar-refractivity contribution in [2.45, 2.75) is 20.0 Å². The second-order valence-corrected chi connectivity index (χ2v) is 7.47. The summed E-state index contributed by atoms with van der Waals surface area (Å²) in [5.74, 6) is -1.37. The summed E-state index contributed by atoms with van der Waals surface area (Å²) in [6.45, 7) is 3.46. The summed E-state index contributed by atoms with van der Waals surface area (Å²) >= 11 is 0. The number of aromatic nitrogens is 4. The third kappa shape index (κ3) is 4.58. The highest BCUT2D eigenvalue weighted by molar-refractivity contribution is 6.04. The number of carbonyl (C=O) groups excluding carboxylic acids is 1. The highest BCUT2D eigenvalue weighted by atomic mass is 19.4. The van der Waals surface area contributed by atoms with Gasteiger partial charge >= 0.3 is 6.18 Å². The molecule has 0 aliphatic rings. The van der Waals surface area contributed by atoms with E-state index in [0.717, 1.165) is 41.1 Å². The molecule has 0 aliphatic heterocycles. The third-order valence-electron chi connectivity index (χ3n) is 4.91. The van der Waals surface area contributed by atoms with Crippen LogP contribution in [0.5, 0.6) is 0 Å². The molecule has 2 heterocycles. The zero-order chi connectivity index (χ0) is 24.6. The molecule has 0 radical (unpaired) electrons. The molecule has 1 N–H and O–H groups in total. The topological polar surface area (TPSA) is 81.8 Å². The minimum atomic E-state index is -4.64. The molecule has 34 heavy (non-hydrogen) atoms. The first kappa shape index (κ1) is 22.9. The van der Waals surface area contributed by atoms with Crippen LogP contribution < -0.4 is 10.9 Å². The number of anilines is 1. The summed E-state index contributed by atoms with van der Waals surface area (Å²) in [6.07, 6.45) is -4.64.